The molecule has 11 rings (SSSR count). The lowest BCUT2D eigenvalue weighted by Crippen LogP contribution is -2.21. The summed E-state index contributed by atoms with van der Waals surface area (Å²) >= 11 is 0. The van der Waals surface area contributed by atoms with E-state index in [1.807, 2.05) is 108 Å². The van der Waals surface area contributed by atoms with Crippen LogP contribution in [0.25, 0.3) is 75.9 Å². The van der Waals surface area contributed by atoms with E-state index < -0.39 is 5.97 Å². The fraction of sp³-hybridized carbons (Fsp3) is 0.0357. The highest BCUT2D eigenvalue weighted by molar-refractivity contribution is 6.26. The number of rotatable bonds is 7. The zero-order chi connectivity index (χ0) is 41.3. The Kier molecular flexibility index (Phi) is 9.75. The number of aromatic carboxylic acids is 1. The van der Waals surface area contributed by atoms with Crippen molar-refractivity contribution in [2.75, 3.05) is 5.32 Å². The normalized spacial score (nSPS) is 11.3. The molecule has 0 saturated carbocycles. The molecule has 0 amide bonds. The molecule has 0 aliphatic heterocycles. The van der Waals surface area contributed by atoms with Crippen LogP contribution in [0.1, 0.15) is 21.5 Å². The van der Waals surface area contributed by atoms with E-state index in [4.69, 9.17) is 0 Å². The Bertz CT molecular complexity index is 3500. The van der Waals surface area contributed by atoms with Crippen LogP contribution < -0.4 is 10.9 Å². The minimum atomic E-state index is -0.928. The molecule has 1 heterocycles. The molecule has 5 heteroatoms. The lowest BCUT2D eigenvalue weighted by molar-refractivity contribution is 0.0698. The molecule has 61 heavy (non-hydrogen) atoms. The van der Waals surface area contributed by atoms with Gasteiger partial charge in [0.1, 0.15) is 0 Å². The highest BCUT2D eigenvalue weighted by atomic mass is 16.4. The Hall–Kier alpha value is -8.02. The minimum absolute atomic E-state index is 0.0578. The predicted octanol–water partition coefficient (Wildman–Crippen LogP) is 13.5. The fourth-order valence-electron chi connectivity index (χ4n) is 8.85. The van der Waals surface area contributed by atoms with Gasteiger partial charge in [-0.15, -0.1) is 0 Å². The summed E-state index contributed by atoms with van der Waals surface area (Å²) in [7, 11) is 0. The molecule has 5 nitrogen and oxygen atoms in total. The van der Waals surface area contributed by atoms with Gasteiger partial charge in [-0.05, 0) is 78.5 Å². The van der Waals surface area contributed by atoms with Gasteiger partial charge in [0.15, 0.2) is 0 Å². The molecule has 0 bridgehead atoms. The average molecular weight is 789 g/mol. The summed E-state index contributed by atoms with van der Waals surface area (Å²) in [4.78, 5) is 25.9. The summed E-state index contributed by atoms with van der Waals surface area (Å²) in [6.45, 7) is 1.20. The number of fused-ring (bicyclic) bond motifs is 9. The number of pyridine rings is 1. The Morgan fingerprint density at radius 1 is 0.443 bits per heavy atom. The molecule has 11 aromatic rings. The van der Waals surface area contributed by atoms with E-state index >= 15 is 0 Å². The number of carboxylic acids is 1. The number of hydrogen-bond donors (Lipinski definition) is 2. The van der Waals surface area contributed by atoms with Crippen LogP contribution in [-0.4, -0.2) is 15.6 Å². The summed E-state index contributed by atoms with van der Waals surface area (Å²) in [5.74, 6) is -0.928. The highest BCUT2D eigenvalue weighted by Crippen LogP contribution is 2.42. The van der Waals surface area contributed by atoms with Gasteiger partial charge < -0.3 is 15.0 Å². The first-order valence-corrected chi connectivity index (χ1v) is 20.5. The third kappa shape index (κ3) is 6.92. The van der Waals surface area contributed by atoms with Gasteiger partial charge >= 0.3 is 5.97 Å². The van der Waals surface area contributed by atoms with Gasteiger partial charge in [0.05, 0.1) is 17.6 Å². The number of nitrogens with zero attached hydrogens (tertiary/aromatic N) is 1. The molecule has 1 aromatic heterocycles. The molecule has 0 radical (unpaired) electrons. The Labute approximate surface area is 352 Å². The molecule has 0 unspecified atom stereocenters. The third-order valence-corrected chi connectivity index (χ3v) is 11.7. The SMILES string of the molecule is O=C(O)c1ccc2ccccc2c1-c1c(NCc2ccccc2)ccc2ccccc12.O=c1c2ccc3ccccc3c2c2c3ccccc3ccc2n1Cc1ccccc1. The molecule has 0 aliphatic carbocycles. The topological polar surface area (TPSA) is 71.3 Å². The number of hydrogen-bond acceptors (Lipinski definition) is 3. The standard InChI is InChI=1S/C28H21NO2.C28H19NO/c30-28(31)24-16-14-20-10-4-6-12-22(20)26(24)27-23-13-7-5-11-21(23)15-17-25(27)29-18-19-8-2-1-3-9-19;30-28-24-16-14-20-10-4-6-12-22(20)26(24)27-23-13-7-5-11-21(23)15-17-25(27)29(28)18-19-8-2-1-3-9-19/h1-17,29H,18H2,(H,30,31);1-17H,18H2. The van der Waals surface area contributed by atoms with E-state index in [1.54, 1.807) is 6.07 Å². The van der Waals surface area contributed by atoms with E-state index in [0.29, 0.717) is 18.7 Å². The molecule has 10 aromatic carbocycles. The van der Waals surface area contributed by atoms with Crippen LogP contribution in [0.2, 0.25) is 0 Å². The van der Waals surface area contributed by atoms with Crippen LogP contribution in [0, 0.1) is 0 Å². The third-order valence-electron chi connectivity index (χ3n) is 11.7. The number of carboxylic acid groups (broad SMARTS) is 1. The summed E-state index contributed by atoms with van der Waals surface area (Å²) in [6, 6.07) is 69.2. The maximum absolute atomic E-state index is 13.7. The van der Waals surface area contributed by atoms with Gasteiger partial charge in [-0.1, -0.05) is 182 Å². The maximum Gasteiger partial charge on any atom is 0.336 e. The lowest BCUT2D eigenvalue weighted by atomic mass is 9.89. The average Bonchev–Trinajstić information content (AvgIpc) is 3.32. The van der Waals surface area contributed by atoms with Gasteiger partial charge in [-0.3, -0.25) is 4.79 Å². The van der Waals surface area contributed by atoms with Gasteiger partial charge in [-0.25, -0.2) is 4.79 Å². The largest absolute Gasteiger partial charge is 0.478 e. The second kappa shape index (κ2) is 16.0. The van der Waals surface area contributed by atoms with E-state index in [1.165, 1.54) is 10.8 Å². The van der Waals surface area contributed by atoms with Crippen LogP contribution >= 0.6 is 0 Å². The molecule has 0 fully saturated rings. The predicted molar refractivity (Wildman–Crippen MR) is 254 cm³/mol. The second-order valence-electron chi connectivity index (χ2n) is 15.3. The number of anilines is 1. The van der Waals surface area contributed by atoms with Crippen LogP contribution in [0.5, 0.6) is 0 Å². The summed E-state index contributed by atoms with van der Waals surface area (Å²) in [5, 5.41) is 25.3. The smallest absolute Gasteiger partial charge is 0.336 e. The van der Waals surface area contributed by atoms with Crippen LogP contribution in [0.15, 0.2) is 211 Å². The molecule has 0 aliphatic rings. The Morgan fingerprint density at radius 2 is 0.918 bits per heavy atom. The van der Waals surface area contributed by atoms with E-state index in [0.717, 1.165) is 81.9 Å². The number of nitrogens with one attached hydrogen (secondary N) is 1. The van der Waals surface area contributed by atoms with E-state index in [2.05, 4.69) is 102 Å². The Balaban J connectivity index is 0.000000146. The molecular weight excluding hydrogens is 749 g/mol. The second-order valence-corrected chi connectivity index (χ2v) is 15.3. The van der Waals surface area contributed by atoms with Crippen molar-refractivity contribution in [1.82, 2.24) is 4.57 Å². The number of benzene rings is 10. The molecule has 0 spiro atoms. The highest BCUT2D eigenvalue weighted by Gasteiger charge is 2.21. The van der Waals surface area contributed by atoms with Gasteiger partial charge in [0.2, 0.25) is 0 Å². The monoisotopic (exact) mass is 788 g/mol. The van der Waals surface area contributed by atoms with Crippen molar-refractivity contribution < 1.29 is 9.90 Å². The lowest BCUT2D eigenvalue weighted by Gasteiger charge is -2.19. The van der Waals surface area contributed by atoms with Gasteiger partial charge in [-0.2, -0.15) is 0 Å². The first-order chi connectivity index (χ1) is 30.0. The first-order valence-electron chi connectivity index (χ1n) is 20.5. The van der Waals surface area contributed by atoms with Crippen molar-refractivity contribution in [3.05, 3.63) is 233 Å². The zero-order valence-corrected chi connectivity index (χ0v) is 33.3. The molecule has 0 saturated heterocycles. The van der Waals surface area contributed by atoms with Crippen molar-refractivity contribution in [2.45, 2.75) is 13.1 Å². The molecule has 0 atom stereocenters. The minimum Gasteiger partial charge on any atom is -0.478 e. The number of aromatic nitrogens is 1. The van der Waals surface area contributed by atoms with E-state index in [9.17, 15) is 14.7 Å². The fourth-order valence-corrected chi connectivity index (χ4v) is 8.85. The van der Waals surface area contributed by atoms with E-state index in [-0.39, 0.29) is 5.56 Å². The quantitative estimate of drug-likeness (QED) is 0.158. The summed E-state index contributed by atoms with van der Waals surface area (Å²) in [5.41, 5.74) is 6.21. The summed E-state index contributed by atoms with van der Waals surface area (Å²) < 4.78 is 1.92. The number of carbonyl (C=O) groups is 1. The van der Waals surface area contributed by atoms with Crippen molar-refractivity contribution in [3.8, 4) is 11.1 Å². The molecule has 2 N–H and O–H groups in total. The zero-order valence-electron chi connectivity index (χ0n) is 33.3. The van der Waals surface area contributed by atoms with Gasteiger partial charge in [0.25, 0.3) is 5.56 Å². The Morgan fingerprint density at radius 3 is 1.54 bits per heavy atom. The van der Waals surface area contributed by atoms with Crippen LogP contribution in [0.3, 0.4) is 0 Å². The van der Waals surface area contributed by atoms with Crippen LogP contribution in [-0.2, 0) is 13.1 Å². The van der Waals surface area contributed by atoms with Crippen molar-refractivity contribution in [1.29, 1.82) is 0 Å². The van der Waals surface area contributed by atoms with Crippen LogP contribution in [0.4, 0.5) is 5.69 Å². The van der Waals surface area contributed by atoms with Crippen molar-refractivity contribution in [3.63, 3.8) is 0 Å². The van der Waals surface area contributed by atoms with Crippen molar-refractivity contribution in [2.24, 2.45) is 0 Å². The first kappa shape index (κ1) is 37.3. The molecular formula is C56H40N2O3. The van der Waals surface area contributed by atoms with Gasteiger partial charge in [0, 0.05) is 39.5 Å². The van der Waals surface area contributed by atoms with Crippen molar-refractivity contribution >= 4 is 76.4 Å². The maximum atomic E-state index is 13.7. The summed E-state index contributed by atoms with van der Waals surface area (Å²) in [6.07, 6.45) is 0. The molecule has 292 valence electrons.